The first-order valence-corrected chi connectivity index (χ1v) is 5.24. The normalized spacial score (nSPS) is 9.39. The highest BCUT2D eigenvalue weighted by molar-refractivity contribution is 5.92. The summed E-state index contributed by atoms with van der Waals surface area (Å²) in [7, 11) is 0. The van der Waals surface area contributed by atoms with Crippen molar-refractivity contribution < 1.29 is 29.0 Å². The molecular formula is C12H16O6. The van der Waals surface area contributed by atoms with Crippen LogP contribution in [0.5, 0.6) is 0 Å². The number of carboxylic acids is 1. The molecule has 0 aliphatic rings. The highest BCUT2D eigenvalue weighted by Gasteiger charge is 2.12. The first kappa shape index (κ1) is 15.9. The lowest BCUT2D eigenvalue weighted by atomic mass is 10.2. The molecule has 1 N–H and O–H groups in total. The lowest BCUT2D eigenvalue weighted by molar-refractivity contribution is -0.144. The van der Waals surface area contributed by atoms with Gasteiger partial charge in [0.2, 0.25) is 0 Å². The summed E-state index contributed by atoms with van der Waals surface area (Å²) < 4.78 is 9.50. The Kier molecular flexibility index (Phi) is 7.11. The van der Waals surface area contributed by atoms with Gasteiger partial charge in [-0.25, -0.2) is 9.59 Å². The zero-order valence-corrected chi connectivity index (χ0v) is 10.2. The molecule has 100 valence electrons. The topological polar surface area (TPSA) is 89.9 Å². The van der Waals surface area contributed by atoms with Gasteiger partial charge in [0.05, 0.1) is 19.6 Å². The van der Waals surface area contributed by atoms with E-state index in [1.807, 2.05) is 0 Å². The van der Waals surface area contributed by atoms with Gasteiger partial charge in [-0.2, -0.15) is 0 Å². The van der Waals surface area contributed by atoms with Crippen molar-refractivity contribution in [3.05, 3.63) is 24.3 Å². The van der Waals surface area contributed by atoms with Crippen molar-refractivity contribution in [1.82, 2.24) is 0 Å². The van der Waals surface area contributed by atoms with E-state index in [1.165, 1.54) is 6.92 Å². The van der Waals surface area contributed by atoms with Crippen LogP contribution in [-0.4, -0.2) is 36.2 Å². The van der Waals surface area contributed by atoms with Gasteiger partial charge in [0.1, 0.15) is 0 Å². The fraction of sp³-hybridized carbons (Fsp3) is 0.417. The zero-order valence-electron chi connectivity index (χ0n) is 10.2. The van der Waals surface area contributed by atoms with E-state index < -0.39 is 24.3 Å². The molecule has 0 saturated carbocycles. The van der Waals surface area contributed by atoms with Crippen LogP contribution in [0.2, 0.25) is 0 Å². The van der Waals surface area contributed by atoms with E-state index in [-0.39, 0.29) is 18.8 Å². The maximum absolute atomic E-state index is 11.2. The predicted molar refractivity (Wildman–Crippen MR) is 62.7 cm³/mol. The second-order valence-electron chi connectivity index (χ2n) is 3.58. The Morgan fingerprint density at radius 2 is 1.56 bits per heavy atom. The summed E-state index contributed by atoms with van der Waals surface area (Å²) >= 11 is 0. The number of carbonyl (C=O) groups excluding carboxylic acids is 2. The summed E-state index contributed by atoms with van der Waals surface area (Å²) in [5, 5.41) is 8.42. The molecular weight excluding hydrogens is 240 g/mol. The fourth-order valence-corrected chi connectivity index (χ4v) is 0.869. The average molecular weight is 256 g/mol. The first-order chi connectivity index (χ1) is 8.34. The minimum Gasteiger partial charge on any atom is -0.481 e. The Bertz CT molecular complexity index is 369. The van der Waals surface area contributed by atoms with E-state index in [0.717, 1.165) is 0 Å². The monoisotopic (exact) mass is 256 g/mol. The molecule has 0 radical (unpaired) electrons. The Balaban J connectivity index is 3.70. The van der Waals surface area contributed by atoms with Crippen molar-refractivity contribution in [2.75, 3.05) is 13.2 Å². The molecule has 18 heavy (non-hydrogen) atoms. The van der Waals surface area contributed by atoms with Crippen LogP contribution in [-0.2, 0) is 23.9 Å². The number of hydrogen-bond donors (Lipinski definition) is 1. The third-order valence-corrected chi connectivity index (χ3v) is 1.76. The number of carboxylic acid groups (broad SMARTS) is 1. The zero-order chi connectivity index (χ0) is 14.1. The lowest BCUT2D eigenvalue weighted by Crippen LogP contribution is -2.13. The summed E-state index contributed by atoms with van der Waals surface area (Å²) in [6.45, 7) is 8.35. The van der Waals surface area contributed by atoms with Gasteiger partial charge in [0, 0.05) is 17.6 Å². The molecule has 0 aromatic rings. The predicted octanol–water partition coefficient (Wildman–Crippen LogP) is 1.07. The Hall–Kier alpha value is -2.11. The molecule has 0 spiro atoms. The largest absolute Gasteiger partial charge is 0.481 e. The number of rotatable bonds is 8. The van der Waals surface area contributed by atoms with Crippen molar-refractivity contribution in [2.24, 2.45) is 0 Å². The van der Waals surface area contributed by atoms with E-state index in [0.29, 0.717) is 12.0 Å². The standard InChI is InChI=1S/C12H16O6/c1-8(2)11(15)17-5-4-6-18-12(16)9(3)7-10(13)14/h1,3-7H2,2H3,(H,13,14). The van der Waals surface area contributed by atoms with Crippen LogP contribution in [0.3, 0.4) is 0 Å². The molecule has 0 saturated heterocycles. The van der Waals surface area contributed by atoms with Crippen LogP contribution in [0.15, 0.2) is 24.3 Å². The van der Waals surface area contributed by atoms with Crippen LogP contribution < -0.4 is 0 Å². The van der Waals surface area contributed by atoms with Crippen molar-refractivity contribution in [3.8, 4) is 0 Å². The molecule has 0 aliphatic carbocycles. The number of carbonyl (C=O) groups is 3. The second-order valence-corrected chi connectivity index (χ2v) is 3.58. The van der Waals surface area contributed by atoms with E-state index in [4.69, 9.17) is 14.6 Å². The molecule has 0 aromatic heterocycles. The highest BCUT2D eigenvalue weighted by Crippen LogP contribution is 2.01. The average Bonchev–Trinajstić information content (AvgIpc) is 2.26. The maximum Gasteiger partial charge on any atom is 0.333 e. The van der Waals surface area contributed by atoms with E-state index in [1.54, 1.807) is 0 Å². The van der Waals surface area contributed by atoms with Gasteiger partial charge in [0.15, 0.2) is 0 Å². The van der Waals surface area contributed by atoms with Gasteiger partial charge in [-0.15, -0.1) is 0 Å². The Labute approximate surface area is 105 Å². The molecule has 6 nitrogen and oxygen atoms in total. The lowest BCUT2D eigenvalue weighted by Gasteiger charge is -2.06. The van der Waals surface area contributed by atoms with Gasteiger partial charge >= 0.3 is 17.9 Å². The van der Waals surface area contributed by atoms with Gasteiger partial charge < -0.3 is 14.6 Å². The molecule has 0 unspecified atom stereocenters. The summed E-state index contributed by atoms with van der Waals surface area (Å²) in [6, 6.07) is 0. The van der Waals surface area contributed by atoms with Crippen molar-refractivity contribution in [3.63, 3.8) is 0 Å². The molecule has 0 atom stereocenters. The van der Waals surface area contributed by atoms with E-state index in [2.05, 4.69) is 13.2 Å². The quantitative estimate of drug-likeness (QED) is 0.397. The first-order valence-electron chi connectivity index (χ1n) is 5.24. The second kappa shape index (κ2) is 8.05. The smallest absolute Gasteiger partial charge is 0.333 e. The fourth-order valence-electron chi connectivity index (χ4n) is 0.869. The van der Waals surface area contributed by atoms with Crippen LogP contribution in [0.1, 0.15) is 19.8 Å². The van der Waals surface area contributed by atoms with Crippen molar-refractivity contribution in [2.45, 2.75) is 19.8 Å². The number of esters is 2. The van der Waals surface area contributed by atoms with E-state index in [9.17, 15) is 14.4 Å². The van der Waals surface area contributed by atoms with Crippen molar-refractivity contribution in [1.29, 1.82) is 0 Å². The third-order valence-electron chi connectivity index (χ3n) is 1.76. The number of aliphatic carboxylic acids is 1. The van der Waals surface area contributed by atoms with Crippen LogP contribution in [0.4, 0.5) is 0 Å². The molecule has 0 fully saturated rings. The van der Waals surface area contributed by atoms with Gasteiger partial charge in [0.25, 0.3) is 0 Å². The van der Waals surface area contributed by atoms with Crippen molar-refractivity contribution >= 4 is 17.9 Å². The highest BCUT2D eigenvalue weighted by atomic mass is 16.5. The van der Waals surface area contributed by atoms with E-state index >= 15 is 0 Å². The maximum atomic E-state index is 11.2. The number of hydrogen-bond acceptors (Lipinski definition) is 5. The Morgan fingerprint density at radius 3 is 2.00 bits per heavy atom. The molecule has 0 bridgehead atoms. The van der Waals surface area contributed by atoms with Crippen LogP contribution in [0, 0.1) is 0 Å². The molecule has 0 heterocycles. The van der Waals surface area contributed by atoms with Crippen LogP contribution in [0.25, 0.3) is 0 Å². The molecule has 0 amide bonds. The summed E-state index contributed by atoms with van der Waals surface area (Å²) in [5.74, 6) is -2.41. The Morgan fingerprint density at radius 1 is 1.06 bits per heavy atom. The number of ether oxygens (including phenoxy) is 2. The minimum atomic E-state index is -1.15. The van der Waals surface area contributed by atoms with Gasteiger partial charge in [-0.05, 0) is 6.92 Å². The molecule has 0 aromatic carbocycles. The van der Waals surface area contributed by atoms with Crippen LogP contribution >= 0.6 is 0 Å². The third kappa shape index (κ3) is 7.21. The van der Waals surface area contributed by atoms with Gasteiger partial charge in [-0.1, -0.05) is 13.2 Å². The molecule has 6 heteroatoms. The summed E-state index contributed by atoms with van der Waals surface area (Å²) in [6.07, 6.45) is -0.130. The summed E-state index contributed by atoms with van der Waals surface area (Å²) in [4.78, 5) is 32.4. The SMILES string of the molecule is C=C(C)C(=O)OCCCOC(=O)C(=C)CC(=O)O. The minimum absolute atomic E-state index is 0.0287. The summed E-state index contributed by atoms with van der Waals surface area (Å²) in [5.41, 5.74) is 0.170. The molecule has 0 rings (SSSR count). The van der Waals surface area contributed by atoms with Gasteiger partial charge in [-0.3, -0.25) is 4.79 Å². The molecule has 0 aliphatic heterocycles.